The summed E-state index contributed by atoms with van der Waals surface area (Å²) in [6, 6.07) is 7.15. The summed E-state index contributed by atoms with van der Waals surface area (Å²) in [5, 5.41) is 10.5. The Kier molecular flexibility index (Phi) is 4.95. The molecule has 130 valence electrons. The number of aromatic nitrogens is 3. The van der Waals surface area contributed by atoms with E-state index in [0.29, 0.717) is 22.4 Å². The lowest BCUT2D eigenvalue weighted by molar-refractivity contribution is -0.115. The number of halogens is 2. The molecule has 0 fully saturated rings. The molecule has 1 aromatic carbocycles. The first kappa shape index (κ1) is 17.3. The molecule has 0 bridgehead atoms. The maximum atomic E-state index is 13.1. The summed E-state index contributed by atoms with van der Waals surface area (Å²) in [6.07, 6.45) is 1.50. The smallest absolute Gasteiger partial charge is 0.237 e. The molecule has 1 unspecified atom stereocenters. The number of nitrogens with one attached hydrogen (secondary N) is 1. The summed E-state index contributed by atoms with van der Waals surface area (Å²) in [7, 11) is 0. The Morgan fingerprint density at radius 2 is 2.24 bits per heavy atom. The SMILES string of the molecule is CC(Sc1nnc(-c2ccco2)n1N)C(=O)Nc1ccc(F)cc1Cl. The number of nitrogens with two attached hydrogens (primary N) is 1. The van der Waals surface area contributed by atoms with Gasteiger partial charge < -0.3 is 15.6 Å². The molecule has 0 radical (unpaired) electrons. The Balaban J connectivity index is 1.69. The van der Waals surface area contributed by atoms with Crippen molar-refractivity contribution in [1.82, 2.24) is 14.9 Å². The van der Waals surface area contributed by atoms with Crippen molar-refractivity contribution in [3.8, 4) is 11.6 Å². The number of hydrogen-bond donors (Lipinski definition) is 2. The van der Waals surface area contributed by atoms with Gasteiger partial charge in [0.15, 0.2) is 5.76 Å². The van der Waals surface area contributed by atoms with Crippen LogP contribution in [0.3, 0.4) is 0 Å². The van der Waals surface area contributed by atoms with Gasteiger partial charge in [0, 0.05) is 0 Å². The van der Waals surface area contributed by atoms with Gasteiger partial charge in [0.05, 0.1) is 22.2 Å². The lowest BCUT2D eigenvalue weighted by Gasteiger charge is -2.12. The third-order valence-corrected chi connectivity index (χ3v) is 4.62. The number of benzene rings is 1. The molecule has 3 rings (SSSR count). The van der Waals surface area contributed by atoms with E-state index in [1.165, 1.54) is 23.1 Å². The fourth-order valence-electron chi connectivity index (χ4n) is 1.97. The maximum absolute atomic E-state index is 13.1. The van der Waals surface area contributed by atoms with Crippen LogP contribution in [0.4, 0.5) is 10.1 Å². The number of anilines is 1. The highest BCUT2D eigenvalue weighted by atomic mass is 35.5. The number of amides is 1. The molecule has 0 spiro atoms. The van der Waals surface area contributed by atoms with Crippen molar-refractivity contribution in [2.45, 2.75) is 17.3 Å². The summed E-state index contributed by atoms with van der Waals surface area (Å²) in [5.74, 6) is 5.96. The van der Waals surface area contributed by atoms with Crippen LogP contribution in [0.15, 0.2) is 46.2 Å². The third-order valence-electron chi connectivity index (χ3n) is 3.25. The minimum atomic E-state index is -0.544. The van der Waals surface area contributed by atoms with Gasteiger partial charge in [-0.05, 0) is 37.3 Å². The number of thioether (sulfide) groups is 1. The van der Waals surface area contributed by atoms with Crippen molar-refractivity contribution >= 4 is 35.0 Å². The molecule has 3 aromatic rings. The Labute approximate surface area is 151 Å². The zero-order valence-corrected chi connectivity index (χ0v) is 14.5. The van der Waals surface area contributed by atoms with Crippen molar-refractivity contribution in [3.63, 3.8) is 0 Å². The van der Waals surface area contributed by atoms with Gasteiger partial charge in [0.25, 0.3) is 0 Å². The number of carbonyl (C=O) groups excluding carboxylic acids is 1. The normalized spacial score (nSPS) is 12.1. The second-order valence-electron chi connectivity index (χ2n) is 5.03. The average molecular weight is 382 g/mol. The molecule has 2 aromatic heterocycles. The average Bonchev–Trinajstić information content (AvgIpc) is 3.20. The zero-order chi connectivity index (χ0) is 18.0. The van der Waals surface area contributed by atoms with E-state index in [0.717, 1.165) is 17.8 Å². The summed E-state index contributed by atoms with van der Waals surface area (Å²) >= 11 is 7.02. The van der Waals surface area contributed by atoms with E-state index in [-0.39, 0.29) is 10.9 Å². The fraction of sp³-hybridized carbons (Fsp3) is 0.133. The molecule has 2 heterocycles. The zero-order valence-electron chi connectivity index (χ0n) is 12.9. The topological polar surface area (TPSA) is 99.0 Å². The van der Waals surface area contributed by atoms with Crippen molar-refractivity contribution < 1.29 is 13.6 Å². The Morgan fingerprint density at radius 3 is 2.92 bits per heavy atom. The molecule has 10 heteroatoms. The first-order valence-corrected chi connectivity index (χ1v) is 8.38. The maximum Gasteiger partial charge on any atom is 0.237 e. The van der Waals surface area contributed by atoms with E-state index in [1.54, 1.807) is 19.1 Å². The van der Waals surface area contributed by atoms with Crippen LogP contribution in [0.5, 0.6) is 0 Å². The van der Waals surface area contributed by atoms with E-state index in [1.807, 2.05) is 0 Å². The molecule has 1 atom stereocenters. The lowest BCUT2D eigenvalue weighted by Crippen LogP contribution is -2.23. The Bertz CT molecular complexity index is 899. The summed E-state index contributed by atoms with van der Waals surface area (Å²) < 4.78 is 19.5. The highest BCUT2D eigenvalue weighted by molar-refractivity contribution is 8.00. The van der Waals surface area contributed by atoms with Gasteiger partial charge >= 0.3 is 0 Å². The minimum absolute atomic E-state index is 0.118. The van der Waals surface area contributed by atoms with Crippen LogP contribution in [-0.2, 0) is 4.79 Å². The van der Waals surface area contributed by atoms with Crippen LogP contribution in [0.1, 0.15) is 6.92 Å². The second-order valence-corrected chi connectivity index (χ2v) is 6.74. The first-order chi connectivity index (χ1) is 12.0. The van der Waals surface area contributed by atoms with Crippen LogP contribution >= 0.6 is 23.4 Å². The lowest BCUT2D eigenvalue weighted by atomic mass is 10.3. The van der Waals surface area contributed by atoms with Crippen LogP contribution in [0.25, 0.3) is 11.6 Å². The second kappa shape index (κ2) is 7.16. The molecule has 0 saturated carbocycles. The van der Waals surface area contributed by atoms with Crippen LogP contribution < -0.4 is 11.2 Å². The highest BCUT2D eigenvalue weighted by Gasteiger charge is 2.21. The quantitative estimate of drug-likeness (QED) is 0.520. The number of furan rings is 1. The molecule has 0 saturated heterocycles. The van der Waals surface area contributed by atoms with E-state index in [4.69, 9.17) is 21.9 Å². The third kappa shape index (κ3) is 3.77. The largest absolute Gasteiger partial charge is 0.461 e. The van der Waals surface area contributed by atoms with Crippen molar-refractivity contribution in [1.29, 1.82) is 0 Å². The van der Waals surface area contributed by atoms with Crippen LogP contribution in [0.2, 0.25) is 5.02 Å². The van der Waals surface area contributed by atoms with Gasteiger partial charge in [-0.3, -0.25) is 4.79 Å². The molecule has 1 amide bonds. The number of hydrogen-bond acceptors (Lipinski definition) is 6. The van der Waals surface area contributed by atoms with Crippen LogP contribution in [-0.4, -0.2) is 26.0 Å². The Hall–Kier alpha value is -2.52. The molecule has 0 aliphatic carbocycles. The van der Waals surface area contributed by atoms with E-state index < -0.39 is 11.1 Å². The summed E-state index contributed by atoms with van der Waals surface area (Å²) in [6.45, 7) is 1.68. The number of nitrogen functional groups attached to an aromatic ring is 1. The van der Waals surface area contributed by atoms with Gasteiger partial charge in [-0.2, -0.15) is 0 Å². The standard InChI is InChI=1S/C15H13ClFN5O2S/c1-8(14(23)19-11-5-4-9(17)7-10(11)16)25-15-21-20-13(22(15)18)12-3-2-6-24-12/h2-8H,18H2,1H3,(H,19,23). The molecule has 0 aliphatic rings. The van der Waals surface area contributed by atoms with Crippen LogP contribution in [0, 0.1) is 5.82 Å². The van der Waals surface area contributed by atoms with Crippen molar-refractivity contribution in [2.75, 3.05) is 11.2 Å². The van der Waals surface area contributed by atoms with Gasteiger partial charge in [0.2, 0.25) is 16.9 Å². The van der Waals surface area contributed by atoms with E-state index in [2.05, 4.69) is 15.5 Å². The van der Waals surface area contributed by atoms with Crippen molar-refractivity contribution in [3.05, 3.63) is 47.4 Å². The molecule has 25 heavy (non-hydrogen) atoms. The van der Waals surface area contributed by atoms with Gasteiger partial charge in [0.1, 0.15) is 5.82 Å². The van der Waals surface area contributed by atoms with E-state index >= 15 is 0 Å². The Morgan fingerprint density at radius 1 is 1.44 bits per heavy atom. The fourth-order valence-corrected chi connectivity index (χ4v) is 2.95. The number of nitrogens with zero attached hydrogens (tertiary/aromatic N) is 3. The van der Waals surface area contributed by atoms with E-state index in [9.17, 15) is 9.18 Å². The first-order valence-electron chi connectivity index (χ1n) is 7.12. The number of carbonyl (C=O) groups is 1. The van der Waals surface area contributed by atoms with Gasteiger partial charge in [-0.1, -0.05) is 23.4 Å². The molecule has 7 nitrogen and oxygen atoms in total. The monoisotopic (exact) mass is 381 g/mol. The summed E-state index contributed by atoms with van der Waals surface area (Å²) in [4.78, 5) is 12.3. The predicted molar refractivity (Wildman–Crippen MR) is 93.2 cm³/mol. The predicted octanol–water partition coefficient (Wildman–Crippen LogP) is 3.16. The van der Waals surface area contributed by atoms with Gasteiger partial charge in [-0.25, -0.2) is 9.07 Å². The van der Waals surface area contributed by atoms with Gasteiger partial charge in [-0.15, -0.1) is 10.2 Å². The molecular weight excluding hydrogens is 369 g/mol. The molecular formula is C15H13ClFN5O2S. The minimum Gasteiger partial charge on any atom is -0.461 e. The highest BCUT2D eigenvalue weighted by Crippen LogP contribution is 2.27. The van der Waals surface area contributed by atoms with Crippen molar-refractivity contribution in [2.24, 2.45) is 0 Å². The number of rotatable bonds is 5. The molecule has 0 aliphatic heterocycles. The molecule has 3 N–H and O–H groups in total. The summed E-state index contributed by atoms with van der Waals surface area (Å²) in [5.41, 5.74) is 0.325.